The Morgan fingerprint density at radius 2 is 1.89 bits per heavy atom. The molecule has 0 saturated heterocycles. The predicted octanol–water partition coefficient (Wildman–Crippen LogP) is 4.12. The second-order valence-electron chi connectivity index (χ2n) is 8.96. The van der Waals surface area contributed by atoms with Gasteiger partial charge in [0.05, 0.1) is 29.2 Å². The van der Waals surface area contributed by atoms with Crippen molar-refractivity contribution < 1.29 is 12.8 Å². The quantitative estimate of drug-likeness (QED) is 0.295. The second kappa shape index (κ2) is 9.08. The molecule has 0 radical (unpaired) electrons. The number of benzene rings is 1. The first kappa shape index (κ1) is 23.8. The lowest BCUT2D eigenvalue weighted by atomic mass is 10.0. The number of aromatic nitrogens is 7. The van der Waals surface area contributed by atoms with E-state index in [9.17, 15) is 12.8 Å². The Morgan fingerprint density at radius 3 is 2.71 bits per heavy atom. The Balaban J connectivity index is 1.44. The molecule has 12 heteroatoms. The molecular weight excluding hydrogens is 507 g/mol. The van der Waals surface area contributed by atoms with Crippen LogP contribution in [0.25, 0.3) is 56.0 Å². The van der Waals surface area contributed by atoms with Crippen molar-refractivity contribution in [2.75, 3.05) is 6.26 Å². The largest absolute Gasteiger partial charge is 0.335 e. The van der Waals surface area contributed by atoms with Crippen LogP contribution in [0.4, 0.5) is 4.39 Å². The summed E-state index contributed by atoms with van der Waals surface area (Å²) in [4.78, 5) is 21.1. The van der Waals surface area contributed by atoms with Crippen molar-refractivity contribution in [3.63, 3.8) is 0 Å². The first-order valence-electron chi connectivity index (χ1n) is 11.6. The van der Waals surface area contributed by atoms with E-state index < -0.39 is 15.8 Å². The van der Waals surface area contributed by atoms with Crippen molar-refractivity contribution in [3.05, 3.63) is 78.1 Å². The Hall–Kier alpha value is -4.55. The van der Waals surface area contributed by atoms with Crippen LogP contribution in [0.15, 0.2) is 61.2 Å². The third-order valence-corrected chi connectivity index (χ3v) is 6.85. The van der Waals surface area contributed by atoms with Gasteiger partial charge in [-0.25, -0.2) is 27.5 Å². The van der Waals surface area contributed by atoms with Crippen LogP contribution in [0.1, 0.15) is 11.1 Å². The molecule has 3 N–H and O–H groups in total. The van der Waals surface area contributed by atoms with E-state index >= 15 is 0 Å². The monoisotopic (exact) mass is 528 g/mol. The predicted molar refractivity (Wildman–Crippen MR) is 142 cm³/mol. The average Bonchev–Trinajstić information content (AvgIpc) is 3.50. The number of halogens is 1. The number of pyridine rings is 3. The molecule has 0 unspecified atom stereocenters. The maximum absolute atomic E-state index is 14.5. The van der Waals surface area contributed by atoms with Crippen LogP contribution in [-0.4, -0.2) is 49.8 Å². The van der Waals surface area contributed by atoms with Crippen LogP contribution in [0.3, 0.4) is 0 Å². The fourth-order valence-corrected chi connectivity index (χ4v) is 4.79. The minimum absolute atomic E-state index is 0.0297. The highest BCUT2D eigenvalue weighted by molar-refractivity contribution is 7.88. The molecule has 0 saturated carbocycles. The summed E-state index contributed by atoms with van der Waals surface area (Å²) in [5.41, 5.74) is 6.81. The van der Waals surface area contributed by atoms with Crippen LogP contribution >= 0.6 is 0 Å². The molecule has 0 aliphatic heterocycles. The number of hydrogen-bond donors (Lipinski definition) is 3. The molecule has 190 valence electrons. The summed E-state index contributed by atoms with van der Waals surface area (Å²) in [7, 11) is -3.43. The number of sulfonamides is 1. The van der Waals surface area contributed by atoms with Crippen LogP contribution in [0.2, 0.25) is 0 Å². The summed E-state index contributed by atoms with van der Waals surface area (Å²) in [6, 6.07) is 10.0. The first-order chi connectivity index (χ1) is 18.2. The normalized spacial score (nSPS) is 12.0. The van der Waals surface area contributed by atoms with E-state index in [1.165, 1.54) is 12.1 Å². The highest BCUT2D eigenvalue weighted by Gasteiger charge is 2.18. The molecule has 0 spiro atoms. The molecule has 0 bridgehead atoms. The van der Waals surface area contributed by atoms with Gasteiger partial charge in [-0.2, -0.15) is 5.10 Å². The minimum atomic E-state index is -3.43. The van der Waals surface area contributed by atoms with Crippen molar-refractivity contribution >= 4 is 32.1 Å². The zero-order valence-corrected chi connectivity index (χ0v) is 21.1. The highest BCUT2D eigenvalue weighted by atomic mass is 32.2. The number of fused-ring (bicyclic) bond motifs is 2. The van der Waals surface area contributed by atoms with Crippen LogP contribution in [0.5, 0.6) is 0 Å². The standard InChI is InChI=1S/C26H21FN8O2S/c1-14-3-5-28-12-20(14)21-10-19-22(13-30-21)34-35-24(19)26-32-23-18(4-6-29-25(23)33-26)16-7-15(8-17(27)9-16)11-31-38(2,36)37/h3-10,12-13,31H,11H2,1-2H3,(H,34,35)(H,29,32,33). The Labute approximate surface area is 216 Å². The van der Waals surface area contributed by atoms with Gasteiger partial charge in [0.2, 0.25) is 10.0 Å². The number of imidazole rings is 1. The van der Waals surface area contributed by atoms with E-state index in [4.69, 9.17) is 0 Å². The molecule has 6 rings (SSSR count). The smallest absolute Gasteiger partial charge is 0.209 e. The number of aromatic amines is 2. The third kappa shape index (κ3) is 4.51. The molecule has 0 atom stereocenters. The van der Waals surface area contributed by atoms with Gasteiger partial charge in [-0.05, 0) is 60.0 Å². The number of rotatable bonds is 6. The Kier molecular flexibility index (Phi) is 5.69. The van der Waals surface area contributed by atoms with Crippen LogP contribution in [0, 0.1) is 12.7 Å². The van der Waals surface area contributed by atoms with Gasteiger partial charge in [0.25, 0.3) is 0 Å². The maximum atomic E-state index is 14.5. The van der Waals surface area contributed by atoms with Crippen molar-refractivity contribution in [2.45, 2.75) is 13.5 Å². The second-order valence-corrected chi connectivity index (χ2v) is 10.8. The number of nitrogens with zero attached hydrogens (tertiary/aromatic N) is 5. The average molecular weight is 529 g/mol. The fraction of sp³-hybridized carbons (Fsp3) is 0.115. The molecule has 0 amide bonds. The SMILES string of the molecule is Cc1ccncc1-c1cc2c(-c3nc4nccc(-c5cc(F)cc(CNS(C)(=O)=O)c5)c4[nH]3)n[nH]c2cn1. The summed E-state index contributed by atoms with van der Waals surface area (Å²) < 4.78 is 39.9. The van der Waals surface area contributed by atoms with Crippen molar-refractivity contribution in [3.8, 4) is 33.9 Å². The van der Waals surface area contributed by atoms with Gasteiger partial charge in [0.15, 0.2) is 11.5 Å². The molecule has 0 fully saturated rings. The third-order valence-electron chi connectivity index (χ3n) is 6.19. The molecule has 0 aliphatic carbocycles. The van der Waals surface area contributed by atoms with Gasteiger partial charge in [-0.1, -0.05) is 0 Å². The van der Waals surface area contributed by atoms with Gasteiger partial charge >= 0.3 is 0 Å². The fourth-order valence-electron chi connectivity index (χ4n) is 4.36. The Bertz CT molecular complexity index is 1950. The van der Waals surface area contributed by atoms with E-state index in [2.05, 4.69) is 39.8 Å². The minimum Gasteiger partial charge on any atom is -0.335 e. The maximum Gasteiger partial charge on any atom is 0.209 e. The van der Waals surface area contributed by atoms with Gasteiger partial charge in [0, 0.05) is 41.6 Å². The van der Waals surface area contributed by atoms with Gasteiger partial charge in [-0.15, -0.1) is 0 Å². The van der Waals surface area contributed by atoms with Crippen LogP contribution in [-0.2, 0) is 16.6 Å². The topological polar surface area (TPSA) is 142 Å². The zero-order valence-electron chi connectivity index (χ0n) is 20.3. The molecule has 38 heavy (non-hydrogen) atoms. The highest BCUT2D eigenvalue weighted by Crippen LogP contribution is 2.32. The number of nitrogens with one attached hydrogen (secondary N) is 3. The number of aryl methyl sites for hydroxylation is 1. The van der Waals surface area contributed by atoms with E-state index in [0.29, 0.717) is 39.4 Å². The molecule has 6 aromatic rings. The van der Waals surface area contributed by atoms with Crippen LogP contribution < -0.4 is 4.72 Å². The molecule has 10 nitrogen and oxygen atoms in total. The number of hydrogen-bond acceptors (Lipinski definition) is 7. The first-order valence-corrected chi connectivity index (χ1v) is 13.5. The van der Waals surface area contributed by atoms with Gasteiger partial charge in [0.1, 0.15) is 11.5 Å². The van der Waals surface area contributed by atoms with E-state index in [1.54, 1.807) is 36.9 Å². The van der Waals surface area contributed by atoms with Crippen molar-refractivity contribution in [2.24, 2.45) is 0 Å². The van der Waals surface area contributed by atoms with Crippen molar-refractivity contribution in [1.29, 1.82) is 0 Å². The summed E-state index contributed by atoms with van der Waals surface area (Å²) in [6.07, 6.45) is 7.89. The lowest BCUT2D eigenvalue weighted by Gasteiger charge is -2.08. The molecular formula is C26H21FN8O2S. The van der Waals surface area contributed by atoms with Gasteiger partial charge < -0.3 is 4.98 Å². The molecule has 5 aromatic heterocycles. The zero-order chi connectivity index (χ0) is 26.4. The lowest BCUT2D eigenvalue weighted by molar-refractivity contribution is 0.586. The summed E-state index contributed by atoms with van der Waals surface area (Å²) >= 11 is 0. The number of H-pyrrole nitrogens is 2. The van der Waals surface area contributed by atoms with E-state index in [0.717, 1.165) is 34.0 Å². The summed E-state index contributed by atoms with van der Waals surface area (Å²) in [5, 5.41) is 8.28. The Morgan fingerprint density at radius 1 is 1.03 bits per heavy atom. The molecule has 5 heterocycles. The van der Waals surface area contributed by atoms with E-state index in [1.807, 2.05) is 19.1 Å². The molecule has 1 aromatic carbocycles. The summed E-state index contributed by atoms with van der Waals surface area (Å²) in [5.74, 6) is 0.00292. The van der Waals surface area contributed by atoms with Crippen molar-refractivity contribution in [1.82, 2.24) is 39.8 Å². The lowest BCUT2D eigenvalue weighted by Crippen LogP contribution is -2.21. The summed E-state index contributed by atoms with van der Waals surface area (Å²) in [6.45, 7) is 1.97. The molecule has 0 aliphatic rings. The van der Waals surface area contributed by atoms with Gasteiger partial charge in [-0.3, -0.25) is 15.1 Å². The van der Waals surface area contributed by atoms with E-state index in [-0.39, 0.29) is 6.54 Å².